The van der Waals surface area contributed by atoms with Crippen LogP contribution < -0.4 is 0 Å². The Labute approximate surface area is 58.0 Å². The molecule has 0 heterocycles. The van der Waals surface area contributed by atoms with Crippen molar-refractivity contribution in [3.05, 3.63) is 12.2 Å². The van der Waals surface area contributed by atoms with Crippen LogP contribution >= 0.6 is 13.6 Å². The van der Waals surface area contributed by atoms with Crippen molar-refractivity contribution in [3.8, 4) is 0 Å². The van der Waals surface area contributed by atoms with E-state index in [1.165, 1.54) is 16.3 Å². The van der Waals surface area contributed by atoms with E-state index in [4.69, 9.17) is 0 Å². The van der Waals surface area contributed by atoms with Gasteiger partial charge in [0.25, 0.3) is 0 Å². The standard InChI is InChI=1S/C3H3F2.BrH.Zn/c1-3(5)2-4;;/h1H3;1H;/q-1;;+2/p-1. The molecule has 7 heavy (non-hydrogen) atoms. The Morgan fingerprint density at radius 3 is 1.86 bits per heavy atom. The van der Waals surface area contributed by atoms with Crippen LogP contribution in [-0.2, 0) is 16.3 Å². The zero-order valence-corrected chi connectivity index (χ0v) is 8.39. The van der Waals surface area contributed by atoms with Gasteiger partial charge < -0.3 is 4.39 Å². The van der Waals surface area contributed by atoms with Crippen molar-refractivity contribution >= 4 is 13.6 Å². The summed E-state index contributed by atoms with van der Waals surface area (Å²) >= 11 is 4.25. The summed E-state index contributed by atoms with van der Waals surface area (Å²) in [5.41, 5.74) is 0. The number of allylic oxidation sites excluding steroid dienone is 1. The molecule has 0 unspecified atom stereocenters. The summed E-state index contributed by atoms with van der Waals surface area (Å²) in [6, 6.07) is 0. The van der Waals surface area contributed by atoms with Crippen LogP contribution in [-0.4, -0.2) is 0 Å². The molecule has 38 valence electrons. The van der Waals surface area contributed by atoms with E-state index >= 15 is 0 Å². The molecule has 0 spiro atoms. The van der Waals surface area contributed by atoms with Gasteiger partial charge in [-0.1, -0.05) is 5.83 Å². The molecule has 4 heteroatoms. The number of rotatable bonds is 0. The van der Waals surface area contributed by atoms with Crippen LogP contribution in [0.15, 0.2) is 5.83 Å². The van der Waals surface area contributed by atoms with E-state index in [2.05, 4.69) is 13.6 Å². The Balaban J connectivity index is 0. The second kappa shape index (κ2) is 9.86. The van der Waals surface area contributed by atoms with Gasteiger partial charge in [0.15, 0.2) is 0 Å². The van der Waals surface area contributed by atoms with Gasteiger partial charge in [-0.15, -0.1) is 0 Å². The molecule has 0 aliphatic heterocycles. The Bertz CT molecular complexity index is 50.9. The molecule has 0 fully saturated rings. The van der Waals surface area contributed by atoms with E-state index in [9.17, 15) is 8.78 Å². The average molecular weight is 222 g/mol. The molecule has 0 aliphatic carbocycles. The first-order chi connectivity index (χ1) is 3.27. The van der Waals surface area contributed by atoms with E-state index in [0.717, 1.165) is 13.3 Å². The summed E-state index contributed by atoms with van der Waals surface area (Å²) in [6.45, 7) is 0.986. The van der Waals surface area contributed by atoms with Gasteiger partial charge in [-0.05, 0) is 6.92 Å². The van der Waals surface area contributed by atoms with Gasteiger partial charge >= 0.3 is 30.0 Å². The zero-order chi connectivity index (χ0) is 6.28. The molecule has 0 saturated carbocycles. The molecule has 0 aliphatic rings. The Morgan fingerprint density at radius 2 is 1.86 bits per heavy atom. The maximum absolute atomic E-state index is 10.9. The Morgan fingerprint density at radius 1 is 1.71 bits per heavy atom. The van der Waals surface area contributed by atoms with Crippen LogP contribution in [0.2, 0.25) is 0 Å². The minimum absolute atomic E-state index is 0.778. The summed E-state index contributed by atoms with van der Waals surface area (Å²) in [6.07, 6.45) is 0.778. The predicted molar refractivity (Wildman–Crippen MR) is 23.6 cm³/mol. The normalized spacial score (nSPS) is 9.71. The molecular weight excluding hydrogens is 219 g/mol. The van der Waals surface area contributed by atoms with Crippen molar-refractivity contribution in [3.63, 3.8) is 0 Å². The van der Waals surface area contributed by atoms with Crippen molar-refractivity contribution in [1.82, 2.24) is 0 Å². The number of hydrogen-bond donors (Lipinski definition) is 0. The molecule has 0 atom stereocenters. The van der Waals surface area contributed by atoms with Crippen molar-refractivity contribution in [2.24, 2.45) is 0 Å². The van der Waals surface area contributed by atoms with E-state index in [1.807, 2.05) is 0 Å². The van der Waals surface area contributed by atoms with Crippen LogP contribution in [0.1, 0.15) is 6.92 Å². The molecule has 0 amide bonds. The van der Waals surface area contributed by atoms with Crippen LogP contribution in [0, 0.1) is 6.33 Å². The molecule has 0 aromatic carbocycles. The molecule has 0 aromatic rings. The van der Waals surface area contributed by atoms with Crippen LogP contribution in [0.5, 0.6) is 0 Å². The summed E-state index contributed by atoms with van der Waals surface area (Å²) in [4.78, 5) is 0. The maximum atomic E-state index is 10.9. The van der Waals surface area contributed by atoms with Gasteiger partial charge in [-0.3, -0.25) is 10.7 Å². The fraction of sp³-hybridized carbons (Fsp3) is 0.333. The topological polar surface area (TPSA) is 0 Å². The van der Waals surface area contributed by atoms with Crippen LogP contribution in [0.4, 0.5) is 8.78 Å². The first-order valence-corrected chi connectivity index (χ1v) is 8.34. The molecule has 0 saturated heterocycles. The van der Waals surface area contributed by atoms with Crippen molar-refractivity contribution in [1.29, 1.82) is 0 Å². The fourth-order valence-corrected chi connectivity index (χ4v) is 0. The molecule has 0 radical (unpaired) electrons. The van der Waals surface area contributed by atoms with E-state index in [-0.39, 0.29) is 0 Å². The molecule has 0 rings (SSSR count). The van der Waals surface area contributed by atoms with Crippen LogP contribution in [0.3, 0.4) is 0 Å². The van der Waals surface area contributed by atoms with E-state index < -0.39 is 5.83 Å². The zero-order valence-electron chi connectivity index (χ0n) is 3.84. The summed E-state index contributed by atoms with van der Waals surface area (Å²) in [5.74, 6) is -0.912. The molecule has 0 N–H and O–H groups in total. The van der Waals surface area contributed by atoms with E-state index in [0.29, 0.717) is 0 Å². The first kappa shape index (κ1) is 10.6. The average Bonchev–Trinajstić information content (AvgIpc) is 1.73. The summed E-state index contributed by atoms with van der Waals surface area (Å²) < 4.78 is 21.3. The van der Waals surface area contributed by atoms with Crippen LogP contribution in [0.25, 0.3) is 0 Å². The fourth-order valence-electron chi connectivity index (χ4n) is 0. The quantitative estimate of drug-likeness (QED) is 0.436. The molecular formula is C3H3BrF2Zn. The first-order valence-electron chi connectivity index (χ1n) is 1.40. The second-order valence-corrected chi connectivity index (χ2v) is 0.628. The van der Waals surface area contributed by atoms with Gasteiger partial charge in [-0.25, -0.2) is 0 Å². The third-order valence-electron chi connectivity index (χ3n) is 0.130. The Kier molecular flexibility index (Phi) is 15.0. The van der Waals surface area contributed by atoms with Crippen molar-refractivity contribution in [2.45, 2.75) is 6.92 Å². The molecule has 0 aromatic heterocycles. The minimum atomic E-state index is -0.912. The third kappa shape index (κ3) is 20.3. The van der Waals surface area contributed by atoms with Gasteiger partial charge in [0.2, 0.25) is 0 Å². The number of halogens is 3. The van der Waals surface area contributed by atoms with Gasteiger partial charge in [-0.2, -0.15) is 0 Å². The molecule has 0 nitrogen and oxygen atoms in total. The van der Waals surface area contributed by atoms with Crippen molar-refractivity contribution in [2.75, 3.05) is 0 Å². The monoisotopic (exact) mass is 220 g/mol. The van der Waals surface area contributed by atoms with E-state index in [1.54, 1.807) is 0 Å². The second-order valence-electron chi connectivity index (χ2n) is 0.628. The SMILES string of the molecule is CC(F)=[C-]F.[Zn+][Br]. The number of hydrogen-bond acceptors (Lipinski definition) is 0. The summed E-state index contributed by atoms with van der Waals surface area (Å²) in [7, 11) is 0. The van der Waals surface area contributed by atoms with Crippen molar-refractivity contribution < 1.29 is 25.1 Å². The van der Waals surface area contributed by atoms with Gasteiger partial charge in [0.1, 0.15) is 0 Å². The van der Waals surface area contributed by atoms with Gasteiger partial charge in [0.05, 0.1) is 0 Å². The summed E-state index contributed by atoms with van der Waals surface area (Å²) in [5, 5.41) is 0. The molecule has 0 bridgehead atoms. The van der Waals surface area contributed by atoms with Gasteiger partial charge in [0, 0.05) is 0 Å². The Hall–Kier alpha value is 0.703. The predicted octanol–water partition coefficient (Wildman–Crippen LogP) is 2.43. The third-order valence-corrected chi connectivity index (χ3v) is 0.130.